The topological polar surface area (TPSA) is 96.4 Å². The number of nitrogens with one attached hydrogen (secondary N) is 1. The quantitative estimate of drug-likeness (QED) is 0.854. The second-order valence-corrected chi connectivity index (χ2v) is 7.56. The van der Waals surface area contributed by atoms with E-state index in [0.717, 1.165) is 27.4 Å². The highest BCUT2D eigenvalue weighted by molar-refractivity contribution is 9.10. The van der Waals surface area contributed by atoms with E-state index in [4.69, 9.17) is 5.11 Å². The minimum atomic E-state index is -3.83. The SMILES string of the molecule is Cc1cc(NS(=O)(=O)c2cc(C(=O)O)cs2)ncc1Br. The first-order valence-electron chi connectivity index (χ1n) is 5.26. The van der Waals surface area contributed by atoms with Gasteiger partial charge in [0.25, 0.3) is 10.0 Å². The summed E-state index contributed by atoms with van der Waals surface area (Å²) in [4.78, 5) is 14.7. The second kappa shape index (κ2) is 5.51. The number of aryl methyl sites for hydroxylation is 1. The molecular weight excluding hydrogens is 368 g/mol. The molecule has 0 aliphatic heterocycles. The van der Waals surface area contributed by atoms with Crippen molar-refractivity contribution >= 4 is 49.1 Å². The fourth-order valence-corrected chi connectivity index (χ4v) is 3.72. The Morgan fingerprint density at radius 1 is 1.45 bits per heavy atom. The van der Waals surface area contributed by atoms with Gasteiger partial charge in [0.05, 0.1) is 5.56 Å². The van der Waals surface area contributed by atoms with E-state index in [1.54, 1.807) is 13.0 Å². The predicted molar refractivity (Wildman–Crippen MR) is 78.8 cm³/mol. The molecule has 0 aromatic carbocycles. The second-order valence-electron chi connectivity index (χ2n) is 3.88. The average Bonchev–Trinajstić information content (AvgIpc) is 2.84. The number of anilines is 1. The third-order valence-corrected chi connectivity index (χ3v) is 6.00. The molecule has 0 aliphatic rings. The molecule has 0 bridgehead atoms. The molecule has 0 unspecified atom stereocenters. The summed E-state index contributed by atoms with van der Waals surface area (Å²) in [5.74, 6) is -0.990. The molecule has 0 aliphatic carbocycles. The Morgan fingerprint density at radius 2 is 2.15 bits per heavy atom. The van der Waals surface area contributed by atoms with E-state index >= 15 is 0 Å². The van der Waals surface area contributed by atoms with Crippen LogP contribution in [-0.4, -0.2) is 24.5 Å². The molecule has 2 heterocycles. The van der Waals surface area contributed by atoms with E-state index in [1.807, 2.05) is 0 Å². The Hall–Kier alpha value is -1.45. The number of thiophene rings is 1. The van der Waals surface area contributed by atoms with Crippen LogP contribution in [0.25, 0.3) is 0 Å². The van der Waals surface area contributed by atoms with Crippen LogP contribution in [0.15, 0.2) is 32.4 Å². The van der Waals surface area contributed by atoms with E-state index in [0.29, 0.717) is 0 Å². The highest BCUT2D eigenvalue weighted by Gasteiger charge is 2.19. The lowest BCUT2D eigenvalue weighted by molar-refractivity contribution is 0.0697. The minimum absolute atomic E-state index is 0.0599. The Morgan fingerprint density at radius 3 is 2.70 bits per heavy atom. The summed E-state index contributed by atoms with van der Waals surface area (Å²) in [6.07, 6.45) is 1.49. The number of nitrogens with zero attached hydrogens (tertiary/aromatic N) is 1. The van der Waals surface area contributed by atoms with Gasteiger partial charge in [-0.25, -0.2) is 18.2 Å². The number of hydrogen-bond acceptors (Lipinski definition) is 5. The molecule has 2 N–H and O–H groups in total. The van der Waals surface area contributed by atoms with Crippen molar-refractivity contribution in [1.29, 1.82) is 0 Å². The number of halogens is 1. The molecule has 0 radical (unpaired) electrons. The molecule has 0 atom stereocenters. The smallest absolute Gasteiger partial charge is 0.336 e. The van der Waals surface area contributed by atoms with Crippen LogP contribution in [0.3, 0.4) is 0 Å². The number of pyridine rings is 1. The van der Waals surface area contributed by atoms with Crippen molar-refractivity contribution in [3.8, 4) is 0 Å². The van der Waals surface area contributed by atoms with Gasteiger partial charge in [-0.15, -0.1) is 11.3 Å². The molecule has 0 saturated heterocycles. The molecule has 6 nitrogen and oxygen atoms in total. The van der Waals surface area contributed by atoms with Crippen molar-refractivity contribution in [2.24, 2.45) is 0 Å². The number of sulfonamides is 1. The monoisotopic (exact) mass is 376 g/mol. The van der Waals surface area contributed by atoms with Gasteiger partial charge in [0.15, 0.2) is 0 Å². The third-order valence-electron chi connectivity index (χ3n) is 2.37. The van der Waals surface area contributed by atoms with Crippen LogP contribution in [0.5, 0.6) is 0 Å². The molecule has 2 aromatic rings. The zero-order chi connectivity index (χ0) is 14.9. The molecule has 20 heavy (non-hydrogen) atoms. The number of aromatic carboxylic acids is 1. The largest absolute Gasteiger partial charge is 0.478 e. The lowest BCUT2D eigenvalue weighted by atomic mass is 10.3. The Labute approximate surface area is 127 Å². The van der Waals surface area contributed by atoms with E-state index in [2.05, 4.69) is 25.6 Å². The molecule has 0 amide bonds. The summed E-state index contributed by atoms with van der Waals surface area (Å²) in [6, 6.07) is 2.69. The van der Waals surface area contributed by atoms with Crippen molar-refractivity contribution in [2.75, 3.05) is 4.72 Å². The summed E-state index contributed by atoms with van der Waals surface area (Å²) in [5.41, 5.74) is 0.769. The van der Waals surface area contributed by atoms with Gasteiger partial charge >= 0.3 is 5.97 Å². The molecule has 106 valence electrons. The molecule has 9 heteroatoms. The summed E-state index contributed by atoms with van der Waals surface area (Å²) in [6.45, 7) is 1.80. The van der Waals surface area contributed by atoms with Gasteiger partial charge in [-0.05, 0) is 40.5 Å². The van der Waals surface area contributed by atoms with Gasteiger partial charge in [0, 0.05) is 16.0 Å². The predicted octanol–water partition coefficient (Wildman–Crippen LogP) is 2.71. The lowest BCUT2D eigenvalue weighted by Crippen LogP contribution is -2.12. The first kappa shape index (κ1) is 14.9. The van der Waals surface area contributed by atoms with E-state index in [1.165, 1.54) is 11.6 Å². The Balaban J connectivity index is 2.30. The van der Waals surface area contributed by atoms with Gasteiger partial charge in [0.2, 0.25) is 0 Å². The highest BCUT2D eigenvalue weighted by atomic mass is 79.9. The number of carboxylic acids is 1. The lowest BCUT2D eigenvalue weighted by Gasteiger charge is -2.06. The van der Waals surface area contributed by atoms with Gasteiger partial charge in [0.1, 0.15) is 10.0 Å². The fourth-order valence-electron chi connectivity index (χ4n) is 1.35. The summed E-state index contributed by atoms with van der Waals surface area (Å²) in [5, 5.41) is 10.1. The number of aromatic nitrogens is 1. The Bertz CT molecular complexity index is 770. The number of hydrogen-bond donors (Lipinski definition) is 2. The molecule has 0 saturated carbocycles. The summed E-state index contributed by atoms with van der Waals surface area (Å²) < 4.78 is 27.2. The van der Waals surface area contributed by atoms with E-state index in [9.17, 15) is 13.2 Å². The van der Waals surface area contributed by atoms with Crippen LogP contribution in [0.1, 0.15) is 15.9 Å². The van der Waals surface area contributed by atoms with Crippen molar-refractivity contribution in [3.63, 3.8) is 0 Å². The zero-order valence-electron chi connectivity index (χ0n) is 10.1. The van der Waals surface area contributed by atoms with Gasteiger partial charge in [-0.2, -0.15) is 0 Å². The van der Waals surface area contributed by atoms with Crippen LogP contribution in [0.2, 0.25) is 0 Å². The standard InChI is InChI=1S/C11H9BrN2O4S2/c1-6-2-9(13-4-8(6)12)14-20(17,18)10-3-7(5-19-10)11(15)16/h2-5H,1H3,(H,13,14)(H,15,16). The number of carbonyl (C=O) groups is 1. The maximum atomic E-state index is 12.1. The first-order chi connectivity index (χ1) is 9.29. The maximum absolute atomic E-state index is 12.1. The van der Waals surface area contributed by atoms with E-state index in [-0.39, 0.29) is 15.6 Å². The third kappa shape index (κ3) is 3.17. The fraction of sp³-hybridized carbons (Fsp3) is 0.0909. The summed E-state index contributed by atoms with van der Waals surface area (Å²) >= 11 is 4.11. The van der Waals surface area contributed by atoms with E-state index < -0.39 is 16.0 Å². The molecule has 0 fully saturated rings. The van der Waals surface area contributed by atoms with Crippen LogP contribution in [-0.2, 0) is 10.0 Å². The van der Waals surface area contributed by atoms with Gasteiger partial charge in [-0.1, -0.05) is 0 Å². The minimum Gasteiger partial charge on any atom is -0.478 e. The van der Waals surface area contributed by atoms with Crippen LogP contribution < -0.4 is 4.72 Å². The normalized spacial score (nSPS) is 11.3. The molecular formula is C11H9BrN2O4S2. The van der Waals surface area contributed by atoms with Crippen LogP contribution in [0.4, 0.5) is 5.82 Å². The molecule has 2 aromatic heterocycles. The van der Waals surface area contributed by atoms with Crippen LogP contribution >= 0.6 is 27.3 Å². The highest BCUT2D eigenvalue weighted by Crippen LogP contribution is 2.24. The van der Waals surface area contributed by atoms with Gasteiger partial charge in [-0.3, -0.25) is 4.72 Å². The van der Waals surface area contributed by atoms with Crippen molar-refractivity contribution in [1.82, 2.24) is 4.98 Å². The Kier molecular flexibility index (Phi) is 4.11. The molecule has 0 spiro atoms. The maximum Gasteiger partial charge on any atom is 0.336 e. The number of rotatable bonds is 4. The number of carboxylic acid groups (broad SMARTS) is 1. The summed E-state index contributed by atoms with van der Waals surface area (Å²) in [7, 11) is -3.83. The molecule has 2 rings (SSSR count). The first-order valence-corrected chi connectivity index (χ1v) is 8.42. The average molecular weight is 377 g/mol. The van der Waals surface area contributed by atoms with Crippen molar-refractivity contribution < 1.29 is 18.3 Å². The van der Waals surface area contributed by atoms with Crippen LogP contribution in [0, 0.1) is 6.92 Å². The van der Waals surface area contributed by atoms with Crippen molar-refractivity contribution in [2.45, 2.75) is 11.1 Å². The van der Waals surface area contributed by atoms with Crippen molar-refractivity contribution in [3.05, 3.63) is 39.3 Å². The zero-order valence-corrected chi connectivity index (χ0v) is 13.3. The van der Waals surface area contributed by atoms with Gasteiger partial charge < -0.3 is 5.11 Å².